The number of thioether (sulfide) groups is 1. The summed E-state index contributed by atoms with van der Waals surface area (Å²) in [4.78, 5) is 23.6. The SMILES string of the molecule is CC(=O)c1cccc(NC(=O)CSc2nnc([C@@H]3COc4ccccc4O3)o2)c1. The van der Waals surface area contributed by atoms with E-state index in [4.69, 9.17) is 13.9 Å². The first-order chi connectivity index (χ1) is 14.1. The summed E-state index contributed by atoms with van der Waals surface area (Å²) in [5, 5.41) is 10.9. The summed E-state index contributed by atoms with van der Waals surface area (Å²) < 4.78 is 17.1. The second-order valence-electron chi connectivity index (χ2n) is 6.24. The third-order valence-corrected chi connectivity index (χ3v) is 4.90. The van der Waals surface area contributed by atoms with Crippen molar-refractivity contribution in [2.45, 2.75) is 18.3 Å². The van der Waals surface area contributed by atoms with Crippen molar-refractivity contribution < 1.29 is 23.5 Å². The van der Waals surface area contributed by atoms with Crippen molar-refractivity contribution in [3.63, 3.8) is 0 Å². The van der Waals surface area contributed by atoms with Gasteiger partial charge in [0.05, 0.1) is 5.75 Å². The number of fused-ring (bicyclic) bond motifs is 1. The van der Waals surface area contributed by atoms with Crippen LogP contribution in [0.25, 0.3) is 0 Å². The van der Waals surface area contributed by atoms with Gasteiger partial charge in [-0.1, -0.05) is 36.0 Å². The molecule has 0 saturated carbocycles. The van der Waals surface area contributed by atoms with Gasteiger partial charge in [-0.15, -0.1) is 10.2 Å². The van der Waals surface area contributed by atoms with Crippen LogP contribution in [-0.2, 0) is 4.79 Å². The van der Waals surface area contributed by atoms with E-state index in [1.54, 1.807) is 30.3 Å². The van der Waals surface area contributed by atoms with Gasteiger partial charge in [0.1, 0.15) is 6.61 Å². The number of rotatable bonds is 6. The molecule has 4 rings (SSSR count). The number of para-hydroxylation sites is 2. The Bertz CT molecular complexity index is 1050. The molecule has 0 bridgehead atoms. The van der Waals surface area contributed by atoms with Crippen LogP contribution in [0.1, 0.15) is 29.3 Å². The fraction of sp³-hybridized carbons (Fsp3) is 0.200. The van der Waals surface area contributed by atoms with Gasteiger partial charge < -0.3 is 19.2 Å². The van der Waals surface area contributed by atoms with E-state index in [0.29, 0.717) is 22.7 Å². The summed E-state index contributed by atoms with van der Waals surface area (Å²) in [6.07, 6.45) is -0.505. The molecule has 148 valence electrons. The number of aromatic nitrogens is 2. The summed E-state index contributed by atoms with van der Waals surface area (Å²) >= 11 is 1.11. The third-order valence-electron chi connectivity index (χ3n) is 4.09. The van der Waals surface area contributed by atoms with Crippen molar-refractivity contribution in [2.24, 2.45) is 0 Å². The number of carbonyl (C=O) groups excluding carboxylic acids is 2. The minimum atomic E-state index is -0.505. The first-order valence-corrected chi connectivity index (χ1v) is 9.82. The molecule has 1 N–H and O–H groups in total. The van der Waals surface area contributed by atoms with Crippen LogP contribution in [0.15, 0.2) is 58.2 Å². The van der Waals surface area contributed by atoms with Crippen molar-refractivity contribution >= 4 is 29.1 Å². The first-order valence-electron chi connectivity index (χ1n) is 8.84. The van der Waals surface area contributed by atoms with E-state index in [9.17, 15) is 9.59 Å². The van der Waals surface area contributed by atoms with Crippen LogP contribution >= 0.6 is 11.8 Å². The quantitative estimate of drug-likeness (QED) is 0.485. The number of amides is 1. The molecule has 3 aromatic rings. The number of hydrogen-bond donors (Lipinski definition) is 1. The van der Waals surface area contributed by atoms with Crippen molar-refractivity contribution in [1.82, 2.24) is 10.2 Å². The van der Waals surface area contributed by atoms with Crippen LogP contribution in [0.3, 0.4) is 0 Å². The highest BCUT2D eigenvalue weighted by molar-refractivity contribution is 7.99. The molecule has 8 nitrogen and oxygen atoms in total. The van der Waals surface area contributed by atoms with Crippen molar-refractivity contribution in [1.29, 1.82) is 0 Å². The predicted octanol–water partition coefficient (Wildman–Crippen LogP) is 3.52. The van der Waals surface area contributed by atoms with E-state index >= 15 is 0 Å². The fourth-order valence-electron chi connectivity index (χ4n) is 2.69. The summed E-state index contributed by atoms with van der Waals surface area (Å²) in [7, 11) is 0. The van der Waals surface area contributed by atoms with Gasteiger partial charge in [0.2, 0.25) is 12.0 Å². The highest BCUT2D eigenvalue weighted by atomic mass is 32.2. The Hall–Kier alpha value is -3.33. The molecule has 0 saturated heterocycles. The van der Waals surface area contributed by atoms with Gasteiger partial charge in [0, 0.05) is 11.3 Å². The molecule has 1 atom stereocenters. The van der Waals surface area contributed by atoms with Gasteiger partial charge in [-0.3, -0.25) is 9.59 Å². The molecular formula is C20H17N3O5S. The number of ketones is 1. The van der Waals surface area contributed by atoms with Crippen molar-refractivity contribution in [3.8, 4) is 11.5 Å². The Morgan fingerprint density at radius 3 is 2.79 bits per heavy atom. The maximum absolute atomic E-state index is 12.2. The number of benzene rings is 2. The number of anilines is 1. The Labute approximate surface area is 170 Å². The highest BCUT2D eigenvalue weighted by Gasteiger charge is 2.27. The van der Waals surface area contributed by atoms with Gasteiger partial charge in [0.15, 0.2) is 17.3 Å². The van der Waals surface area contributed by atoms with Crippen molar-refractivity contribution in [3.05, 3.63) is 60.0 Å². The fourth-order valence-corrected chi connectivity index (χ4v) is 3.26. The second kappa shape index (κ2) is 8.36. The molecule has 2 heterocycles. The molecular weight excluding hydrogens is 394 g/mol. The number of ether oxygens (including phenoxy) is 2. The van der Waals surface area contributed by atoms with Crippen LogP contribution < -0.4 is 14.8 Å². The van der Waals surface area contributed by atoms with Gasteiger partial charge in [-0.05, 0) is 31.2 Å². The Kier molecular flexibility index (Phi) is 5.48. The van der Waals surface area contributed by atoms with E-state index in [1.807, 2.05) is 18.2 Å². The molecule has 9 heteroatoms. The Morgan fingerprint density at radius 2 is 1.97 bits per heavy atom. The van der Waals surface area contributed by atoms with Crippen molar-refractivity contribution in [2.75, 3.05) is 17.7 Å². The van der Waals surface area contributed by atoms with E-state index in [2.05, 4.69) is 15.5 Å². The van der Waals surface area contributed by atoms with Gasteiger partial charge in [-0.25, -0.2) is 0 Å². The molecule has 29 heavy (non-hydrogen) atoms. The maximum atomic E-state index is 12.2. The smallest absolute Gasteiger partial charge is 0.277 e. The third kappa shape index (κ3) is 4.57. The lowest BCUT2D eigenvalue weighted by atomic mass is 10.1. The number of nitrogens with one attached hydrogen (secondary N) is 1. The van der Waals surface area contributed by atoms with Crippen LogP contribution in [-0.4, -0.2) is 34.2 Å². The predicted molar refractivity (Wildman–Crippen MR) is 105 cm³/mol. The lowest BCUT2D eigenvalue weighted by Gasteiger charge is -2.23. The van der Waals surface area contributed by atoms with E-state index in [1.165, 1.54) is 6.92 Å². The number of hydrogen-bond acceptors (Lipinski definition) is 8. The molecule has 1 aliphatic rings. The molecule has 0 unspecified atom stereocenters. The topological polar surface area (TPSA) is 104 Å². The summed E-state index contributed by atoms with van der Waals surface area (Å²) in [5.74, 6) is 1.34. The molecule has 0 radical (unpaired) electrons. The largest absolute Gasteiger partial charge is 0.485 e. The number of Topliss-reactive ketones (excluding diaryl/α,β-unsaturated/α-hetero) is 1. The van der Waals surface area contributed by atoms with Gasteiger partial charge in [0.25, 0.3) is 11.1 Å². The van der Waals surface area contributed by atoms with Crippen LogP contribution in [0, 0.1) is 0 Å². The zero-order valence-corrected chi connectivity index (χ0v) is 16.3. The average Bonchev–Trinajstić information content (AvgIpc) is 3.21. The van der Waals surface area contributed by atoms with E-state index < -0.39 is 6.10 Å². The molecule has 1 aliphatic heterocycles. The second-order valence-corrected chi connectivity index (χ2v) is 7.17. The molecule has 1 amide bonds. The monoisotopic (exact) mass is 411 g/mol. The number of carbonyl (C=O) groups is 2. The maximum Gasteiger partial charge on any atom is 0.277 e. The zero-order valence-electron chi connectivity index (χ0n) is 15.5. The average molecular weight is 411 g/mol. The minimum Gasteiger partial charge on any atom is -0.485 e. The number of nitrogens with zero attached hydrogens (tertiary/aromatic N) is 2. The van der Waals surface area contributed by atoms with Crippen LogP contribution in [0.2, 0.25) is 0 Å². The summed E-state index contributed by atoms with van der Waals surface area (Å²) in [5.41, 5.74) is 1.09. The van der Waals surface area contributed by atoms with Crippen LogP contribution in [0.5, 0.6) is 11.5 Å². The minimum absolute atomic E-state index is 0.0644. The lowest BCUT2D eigenvalue weighted by Crippen LogP contribution is -2.21. The van der Waals surface area contributed by atoms with E-state index in [-0.39, 0.29) is 35.2 Å². The molecule has 2 aromatic carbocycles. The summed E-state index contributed by atoms with van der Waals surface area (Å²) in [6.45, 7) is 1.74. The normalized spacial score (nSPS) is 15.0. The lowest BCUT2D eigenvalue weighted by molar-refractivity contribution is -0.113. The Morgan fingerprint density at radius 1 is 1.14 bits per heavy atom. The van der Waals surface area contributed by atoms with Gasteiger partial charge >= 0.3 is 0 Å². The first kappa shape index (κ1) is 19.0. The molecule has 0 spiro atoms. The standard InChI is InChI=1S/C20H17N3O5S/c1-12(24)13-5-4-6-14(9-13)21-18(25)11-29-20-23-22-19(28-20)17-10-26-15-7-2-3-8-16(15)27-17/h2-9,17H,10-11H2,1H3,(H,21,25)/t17-/m0/s1. The highest BCUT2D eigenvalue weighted by Crippen LogP contribution is 2.35. The Balaban J connectivity index is 1.32. The van der Waals surface area contributed by atoms with Crippen LogP contribution in [0.4, 0.5) is 5.69 Å². The molecule has 0 fully saturated rings. The molecule has 1 aromatic heterocycles. The zero-order chi connectivity index (χ0) is 20.2. The molecule has 0 aliphatic carbocycles. The summed E-state index contributed by atoms with van der Waals surface area (Å²) in [6, 6.07) is 14.1. The van der Waals surface area contributed by atoms with Gasteiger partial charge in [-0.2, -0.15) is 0 Å². The van der Waals surface area contributed by atoms with E-state index in [0.717, 1.165) is 11.8 Å².